The molecule has 0 aliphatic heterocycles. The third-order valence-corrected chi connectivity index (χ3v) is 2.84. The minimum absolute atomic E-state index is 0.0115. The van der Waals surface area contributed by atoms with Gasteiger partial charge in [-0.25, -0.2) is 0 Å². The van der Waals surface area contributed by atoms with Gasteiger partial charge in [0.1, 0.15) is 11.7 Å². The van der Waals surface area contributed by atoms with E-state index in [0.717, 1.165) is 0 Å². The number of halogens is 2. The van der Waals surface area contributed by atoms with E-state index in [0.29, 0.717) is 0 Å². The number of esters is 1. The number of rotatable bonds is 5. The van der Waals surface area contributed by atoms with Crippen molar-refractivity contribution in [3.05, 3.63) is 0 Å². The molecule has 2 atom stereocenters. The van der Waals surface area contributed by atoms with E-state index in [1.54, 1.807) is 13.8 Å². The summed E-state index contributed by atoms with van der Waals surface area (Å²) >= 11 is 11.5. The molecule has 0 saturated carbocycles. The standard InChI is InChI=1S/C9H14Cl2O3/c1-4-14-8(13)7(6(2)12)9(3,11)5-10/h7H,4-5H2,1-3H3. The van der Waals surface area contributed by atoms with Crippen LogP contribution in [0.1, 0.15) is 20.8 Å². The topological polar surface area (TPSA) is 43.4 Å². The molecule has 0 fully saturated rings. The monoisotopic (exact) mass is 240 g/mol. The predicted octanol–water partition coefficient (Wildman–Crippen LogP) is 1.99. The van der Waals surface area contributed by atoms with Crippen molar-refractivity contribution < 1.29 is 14.3 Å². The van der Waals surface area contributed by atoms with E-state index in [1.165, 1.54) is 6.92 Å². The fourth-order valence-corrected chi connectivity index (χ4v) is 1.54. The molecule has 0 aliphatic rings. The van der Waals surface area contributed by atoms with E-state index < -0.39 is 16.8 Å². The summed E-state index contributed by atoms with van der Waals surface area (Å²) in [5.41, 5.74) is 0. The van der Waals surface area contributed by atoms with Crippen molar-refractivity contribution in [2.45, 2.75) is 25.6 Å². The third-order valence-electron chi connectivity index (χ3n) is 1.79. The number of alkyl halides is 2. The number of carbonyl (C=O) groups excluding carboxylic acids is 2. The minimum Gasteiger partial charge on any atom is -0.465 e. The van der Waals surface area contributed by atoms with Gasteiger partial charge in [-0.15, -0.1) is 23.2 Å². The number of hydrogen-bond acceptors (Lipinski definition) is 3. The molecular formula is C9H14Cl2O3. The summed E-state index contributed by atoms with van der Waals surface area (Å²) < 4.78 is 4.75. The summed E-state index contributed by atoms with van der Waals surface area (Å²) in [6, 6.07) is 0. The van der Waals surface area contributed by atoms with E-state index >= 15 is 0 Å². The van der Waals surface area contributed by atoms with Crippen molar-refractivity contribution in [2.24, 2.45) is 5.92 Å². The number of Topliss-reactive ketones (excluding diaryl/α,β-unsaturated/α-hetero) is 1. The normalized spacial score (nSPS) is 16.9. The lowest BCUT2D eigenvalue weighted by Crippen LogP contribution is -2.42. The van der Waals surface area contributed by atoms with E-state index in [1.807, 2.05) is 0 Å². The van der Waals surface area contributed by atoms with Crippen LogP contribution in [0.2, 0.25) is 0 Å². The lowest BCUT2D eigenvalue weighted by atomic mass is 9.91. The molecule has 0 amide bonds. The first-order valence-electron chi connectivity index (χ1n) is 4.28. The van der Waals surface area contributed by atoms with Crippen molar-refractivity contribution in [2.75, 3.05) is 12.5 Å². The summed E-state index contributed by atoms with van der Waals surface area (Å²) in [5.74, 6) is -1.93. The van der Waals surface area contributed by atoms with Gasteiger partial charge in [-0.3, -0.25) is 9.59 Å². The molecule has 0 bridgehead atoms. The molecule has 0 aromatic carbocycles. The molecule has 0 spiro atoms. The van der Waals surface area contributed by atoms with Gasteiger partial charge in [0.15, 0.2) is 0 Å². The van der Waals surface area contributed by atoms with Crippen LogP contribution >= 0.6 is 23.2 Å². The van der Waals surface area contributed by atoms with Crippen LogP contribution in [-0.2, 0) is 14.3 Å². The maximum absolute atomic E-state index is 11.4. The highest BCUT2D eigenvalue weighted by atomic mass is 35.5. The molecule has 5 heteroatoms. The Balaban J connectivity index is 4.77. The van der Waals surface area contributed by atoms with E-state index in [-0.39, 0.29) is 18.3 Å². The van der Waals surface area contributed by atoms with Crippen molar-refractivity contribution in [3.8, 4) is 0 Å². The van der Waals surface area contributed by atoms with Crippen molar-refractivity contribution >= 4 is 35.0 Å². The van der Waals surface area contributed by atoms with Crippen molar-refractivity contribution in [1.82, 2.24) is 0 Å². The van der Waals surface area contributed by atoms with Gasteiger partial charge < -0.3 is 4.74 Å². The minimum atomic E-state index is -1.08. The number of hydrogen-bond donors (Lipinski definition) is 0. The molecule has 0 aromatic heterocycles. The van der Waals surface area contributed by atoms with Gasteiger partial charge in [-0.2, -0.15) is 0 Å². The quantitative estimate of drug-likeness (QED) is 0.420. The van der Waals surface area contributed by atoms with Gasteiger partial charge in [0.05, 0.1) is 11.5 Å². The Morgan fingerprint density at radius 3 is 2.29 bits per heavy atom. The molecule has 0 aliphatic carbocycles. The fourth-order valence-electron chi connectivity index (χ4n) is 1.14. The SMILES string of the molecule is CCOC(=O)C(C(C)=O)C(C)(Cl)CCl. The van der Waals surface area contributed by atoms with Gasteiger partial charge in [-0.1, -0.05) is 0 Å². The Labute approximate surface area is 93.7 Å². The zero-order valence-corrected chi connectivity index (χ0v) is 9.98. The molecule has 2 unspecified atom stereocenters. The van der Waals surface area contributed by atoms with Gasteiger partial charge >= 0.3 is 5.97 Å². The van der Waals surface area contributed by atoms with Crippen LogP contribution in [0.15, 0.2) is 0 Å². The first kappa shape index (κ1) is 13.7. The van der Waals surface area contributed by atoms with Crippen LogP contribution < -0.4 is 0 Å². The maximum atomic E-state index is 11.4. The fraction of sp³-hybridized carbons (Fsp3) is 0.778. The Hall–Kier alpha value is -0.280. The van der Waals surface area contributed by atoms with Crippen molar-refractivity contribution in [3.63, 3.8) is 0 Å². The van der Waals surface area contributed by atoms with Crippen LogP contribution in [0.25, 0.3) is 0 Å². The summed E-state index contributed by atoms with van der Waals surface area (Å²) in [6.07, 6.45) is 0. The Morgan fingerprint density at radius 2 is 2.00 bits per heavy atom. The van der Waals surface area contributed by atoms with Gasteiger partial charge in [0, 0.05) is 5.88 Å². The number of ketones is 1. The highest BCUT2D eigenvalue weighted by Gasteiger charge is 2.41. The summed E-state index contributed by atoms with van der Waals surface area (Å²) in [6.45, 7) is 4.73. The molecule has 82 valence electrons. The Morgan fingerprint density at radius 1 is 1.50 bits per heavy atom. The zero-order chi connectivity index (χ0) is 11.4. The molecule has 14 heavy (non-hydrogen) atoms. The van der Waals surface area contributed by atoms with Gasteiger partial charge in [0.2, 0.25) is 0 Å². The Kier molecular flexibility index (Phi) is 5.45. The highest BCUT2D eigenvalue weighted by molar-refractivity contribution is 6.33. The first-order chi connectivity index (χ1) is 6.36. The second-order valence-corrected chi connectivity index (χ2v) is 4.34. The molecular weight excluding hydrogens is 227 g/mol. The van der Waals surface area contributed by atoms with E-state index in [9.17, 15) is 9.59 Å². The molecule has 0 heterocycles. The van der Waals surface area contributed by atoms with Crippen LogP contribution in [-0.4, -0.2) is 29.1 Å². The molecule has 0 rings (SSSR count). The van der Waals surface area contributed by atoms with Gasteiger partial charge in [0.25, 0.3) is 0 Å². The molecule has 0 N–H and O–H groups in total. The number of carbonyl (C=O) groups is 2. The molecule has 0 saturated heterocycles. The van der Waals surface area contributed by atoms with Crippen LogP contribution in [0, 0.1) is 5.92 Å². The van der Waals surface area contributed by atoms with Crippen LogP contribution in [0.5, 0.6) is 0 Å². The third kappa shape index (κ3) is 3.46. The number of ether oxygens (including phenoxy) is 1. The average molecular weight is 241 g/mol. The maximum Gasteiger partial charge on any atom is 0.318 e. The molecule has 3 nitrogen and oxygen atoms in total. The lowest BCUT2D eigenvalue weighted by molar-refractivity contribution is -0.152. The summed E-state index contributed by atoms with van der Waals surface area (Å²) in [5, 5.41) is 0. The Bertz CT molecular complexity index is 226. The van der Waals surface area contributed by atoms with E-state index in [2.05, 4.69) is 0 Å². The van der Waals surface area contributed by atoms with Crippen LogP contribution in [0.4, 0.5) is 0 Å². The summed E-state index contributed by atoms with van der Waals surface area (Å²) in [4.78, 5) is 21.5. The largest absolute Gasteiger partial charge is 0.465 e. The average Bonchev–Trinajstić information content (AvgIpc) is 2.03. The van der Waals surface area contributed by atoms with Gasteiger partial charge in [-0.05, 0) is 20.8 Å². The molecule has 0 radical (unpaired) electrons. The van der Waals surface area contributed by atoms with Crippen molar-refractivity contribution in [1.29, 1.82) is 0 Å². The lowest BCUT2D eigenvalue weighted by Gasteiger charge is -2.26. The second kappa shape index (κ2) is 5.56. The highest BCUT2D eigenvalue weighted by Crippen LogP contribution is 2.28. The first-order valence-corrected chi connectivity index (χ1v) is 5.20. The smallest absolute Gasteiger partial charge is 0.318 e. The summed E-state index contributed by atoms with van der Waals surface area (Å²) in [7, 11) is 0. The molecule has 0 aromatic rings. The van der Waals surface area contributed by atoms with E-state index in [4.69, 9.17) is 27.9 Å². The second-order valence-electron chi connectivity index (χ2n) is 3.21. The zero-order valence-electron chi connectivity index (χ0n) is 8.47. The van der Waals surface area contributed by atoms with Crippen LogP contribution in [0.3, 0.4) is 0 Å². The predicted molar refractivity (Wildman–Crippen MR) is 55.8 cm³/mol.